The first-order valence-electron chi connectivity index (χ1n) is 33.6. The Labute approximate surface area is 515 Å². The molecule has 464 valence electrons. The highest BCUT2D eigenvalue weighted by atomic mass is 32.2. The zero-order valence-electron chi connectivity index (χ0n) is 52.1. The molecule has 0 saturated carbocycles. The summed E-state index contributed by atoms with van der Waals surface area (Å²) in [6.07, 6.45) is 34.8. The van der Waals surface area contributed by atoms with Crippen molar-refractivity contribution in [3.8, 4) is 0 Å². The van der Waals surface area contributed by atoms with Crippen molar-refractivity contribution >= 4 is 119 Å². The molecule has 0 aliphatic heterocycles. The van der Waals surface area contributed by atoms with Gasteiger partial charge in [-0.15, -0.1) is 0 Å². The zero-order chi connectivity index (χ0) is 61.5. The van der Waals surface area contributed by atoms with Crippen LogP contribution in [0.25, 0.3) is 98.0 Å². The minimum absolute atomic E-state index is 0.0438. The summed E-state index contributed by atoms with van der Waals surface area (Å²) in [5.41, 5.74) is 0.348. The predicted molar refractivity (Wildman–Crippen MR) is 361 cm³/mol. The van der Waals surface area contributed by atoms with E-state index in [1.165, 1.54) is 141 Å². The molecule has 0 radical (unpaired) electrons. The number of imidazole rings is 2. The molecule has 0 fully saturated rings. The van der Waals surface area contributed by atoms with Gasteiger partial charge in [-0.25, -0.2) is 18.4 Å². The second-order valence-corrected chi connectivity index (χ2v) is 27.2. The molecule has 0 atom stereocenters. The van der Waals surface area contributed by atoms with Gasteiger partial charge in [0.05, 0.1) is 25.8 Å². The van der Waals surface area contributed by atoms with Crippen LogP contribution in [0.15, 0.2) is 87.3 Å². The van der Waals surface area contributed by atoms with Gasteiger partial charge in [-0.05, 0) is 100.0 Å². The third-order valence-electron chi connectivity index (χ3n) is 19.1. The molecule has 7 aromatic carbocycles. The largest absolute Gasteiger partial charge is 0.296 e. The molecule has 0 aliphatic rings. The summed E-state index contributed by atoms with van der Waals surface area (Å²) >= 11 is 0. The predicted octanol–water partition coefficient (Wildman–Crippen LogP) is 19.4. The van der Waals surface area contributed by atoms with Gasteiger partial charge in [-0.2, -0.15) is 4.31 Å². The van der Waals surface area contributed by atoms with E-state index < -0.39 is 36.7 Å². The second-order valence-electron chi connectivity index (χ2n) is 25.3. The molecule has 88 heavy (non-hydrogen) atoms. The van der Waals surface area contributed by atoms with Crippen molar-refractivity contribution in [3.05, 3.63) is 119 Å². The molecule has 11 rings (SSSR count). The summed E-state index contributed by atoms with van der Waals surface area (Å²) < 4.78 is 34.1. The molecular weight excluding hydrogens is 1120 g/mol. The van der Waals surface area contributed by atoms with Crippen molar-refractivity contribution in [1.29, 1.82) is 0 Å². The third-order valence-corrected chi connectivity index (χ3v) is 21.0. The number of non-ortho nitro benzene ring substituents is 2. The van der Waals surface area contributed by atoms with Crippen molar-refractivity contribution in [2.45, 2.75) is 225 Å². The van der Waals surface area contributed by atoms with Crippen LogP contribution in [-0.4, -0.2) is 54.4 Å². The lowest BCUT2D eigenvalue weighted by Gasteiger charge is -2.22. The number of pyridine rings is 2. The summed E-state index contributed by atoms with van der Waals surface area (Å²) in [6.45, 7) is 7.29. The van der Waals surface area contributed by atoms with Crippen LogP contribution in [0.2, 0.25) is 0 Å². The van der Waals surface area contributed by atoms with Gasteiger partial charge in [-0.1, -0.05) is 218 Å². The summed E-state index contributed by atoms with van der Waals surface area (Å²) in [4.78, 5) is 64.8. The monoisotopic (exact) mass is 1210 g/mol. The maximum atomic E-state index is 15.1. The lowest BCUT2D eigenvalue weighted by molar-refractivity contribution is -0.383. The standard InChI is InChI=1S/C72H87N7O8S/c1-4-7-10-13-16-19-22-25-28-31-34-49-45-59-67(61(46-49)78(82)83)76-69(73-59)55-39-35-51-52-36-40-56-66-58(42-38-54(64(52)66)53-37-41-57(71(76)80)65(55)63(51)53)72(81)77-68-60(74-70(56)77)47-50(48-62(68)79(84)85)88(86,87)75(43-32-29-26-23-20-17-14-11-8-5-2)44-33-30-27-24-21-18-15-12-9-6-3/h35-42,45-48H,4-34,43-44H2,1-3H3. The van der Waals surface area contributed by atoms with Crippen LogP contribution in [0.1, 0.15) is 219 Å². The molecule has 0 saturated heterocycles. The number of unbranched alkanes of at least 4 members (excludes halogenated alkanes) is 27. The van der Waals surface area contributed by atoms with Crippen molar-refractivity contribution in [2.24, 2.45) is 0 Å². The fourth-order valence-corrected chi connectivity index (χ4v) is 16.0. The van der Waals surface area contributed by atoms with Gasteiger partial charge in [0, 0.05) is 57.5 Å². The molecule has 4 heterocycles. The number of fused-ring (bicyclic) bond motifs is 10. The molecule has 0 unspecified atom stereocenters. The molecule has 0 spiro atoms. The highest BCUT2D eigenvalue weighted by Crippen LogP contribution is 2.47. The van der Waals surface area contributed by atoms with E-state index in [-0.39, 0.29) is 32.8 Å². The number of benzene rings is 7. The van der Waals surface area contributed by atoms with E-state index in [0.717, 1.165) is 102 Å². The lowest BCUT2D eigenvalue weighted by Crippen LogP contribution is -2.33. The average Bonchev–Trinajstić information content (AvgIpc) is 1.16. The van der Waals surface area contributed by atoms with Crippen LogP contribution in [-0.2, 0) is 16.4 Å². The summed E-state index contributed by atoms with van der Waals surface area (Å²) in [6, 6.07) is 21.1. The number of hydrogen-bond donors (Lipinski definition) is 0. The van der Waals surface area contributed by atoms with Gasteiger partial charge in [0.25, 0.3) is 22.5 Å². The van der Waals surface area contributed by atoms with Gasteiger partial charge < -0.3 is 0 Å². The Bertz CT molecular complexity index is 4490. The van der Waals surface area contributed by atoms with Crippen molar-refractivity contribution in [2.75, 3.05) is 13.1 Å². The smallest absolute Gasteiger partial charge is 0.268 e. The molecule has 11 aromatic rings. The highest BCUT2D eigenvalue weighted by molar-refractivity contribution is 7.89. The average molecular weight is 1210 g/mol. The highest BCUT2D eigenvalue weighted by Gasteiger charge is 2.32. The number of rotatable bonds is 37. The van der Waals surface area contributed by atoms with Gasteiger partial charge in [-0.3, -0.25) is 38.6 Å². The van der Waals surface area contributed by atoms with E-state index in [0.29, 0.717) is 75.8 Å². The lowest BCUT2D eigenvalue weighted by atomic mass is 9.86. The van der Waals surface area contributed by atoms with Crippen molar-refractivity contribution in [1.82, 2.24) is 23.1 Å². The Kier molecular flexibility index (Phi) is 19.9. The molecule has 0 bridgehead atoms. The second kappa shape index (κ2) is 28.1. The number of nitrogens with zero attached hydrogens (tertiary/aromatic N) is 7. The molecule has 16 heteroatoms. The third kappa shape index (κ3) is 12.3. The van der Waals surface area contributed by atoms with Gasteiger partial charge in [0.15, 0.2) is 11.0 Å². The zero-order valence-corrected chi connectivity index (χ0v) is 52.9. The minimum atomic E-state index is -4.24. The van der Waals surface area contributed by atoms with E-state index in [1.807, 2.05) is 42.5 Å². The molecule has 15 nitrogen and oxygen atoms in total. The van der Waals surface area contributed by atoms with E-state index >= 15 is 4.79 Å². The number of nitro groups is 2. The van der Waals surface area contributed by atoms with Crippen LogP contribution >= 0.6 is 0 Å². The Morgan fingerprint density at radius 2 is 0.727 bits per heavy atom. The van der Waals surface area contributed by atoms with Crippen LogP contribution in [0.5, 0.6) is 0 Å². The Morgan fingerprint density at radius 1 is 0.409 bits per heavy atom. The first-order chi connectivity index (χ1) is 42.9. The number of sulfonamides is 1. The van der Waals surface area contributed by atoms with Gasteiger partial charge >= 0.3 is 0 Å². The number of aryl methyl sites for hydroxylation is 1. The quantitative estimate of drug-likeness (QED) is 0.0119. The van der Waals surface area contributed by atoms with Gasteiger partial charge in [0.1, 0.15) is 11.3 Å². The maximum Gasteiger partial charge on any atom is 0.296 e. The SMILES string of the molecule is CCCCCCCCCCCCc1cc([N+](=O)[O-])c2c(c1)nc1c3ccc4c5ccc6c7c(ccc(c8ccc(c(=O)n12)c3c84)c57)c(=O)n1c6nc2cc(S(=O)(=O)N(CCCCCCCCCCCC)CCCCCCCCCCCC)cc([N+](=O)[O-])c21. The summed E-state index contributed by atoms with van der Waals surface area (Å²) in [5, 5.41) is 34.2. The Morgan fingerprint density at radius 3 is 1.11 bits per heavy atom. The van der Waals surface area contributed by atoms with Gasteiger partial charge in [0.2, 0.25) is 10.0 Å². The first kappa shape index (κ1) is 62.4. The van der Waals surface area contributed by atoms with Crippen molar-refractivity contribution < 1.29 is 18.3 Å². The van der Waals surface area contributed by atoms with Crippen molar-refractivity contribution in [3.63, 3.8) is 0 Å². The van der Waals surface area contributed by atoms with E-state index in [4.69, 9.17) is 9.97 Å². The minimum Gasteiger partial charge on any atom is -0.268 e. The van der Waals surface area contributed by atoms with E-state index in [1.54, 1.807) is 18.2 Å². The van der Waals surface area contributed by atoms with Crippen LogP contribution in [0.3, 0.4) is 0 Å². The normalized spacial score (nSPS) is 12.6. The molecule has 0 N–H and O–H groups in total. The molecule has 0 aliphatic carbocycles. The molecular formula is C72H87N7O8S. The summed E-state index contributed by atoms with van der Waals surface area (Å²) in [5.74, 6) is 0. The molecule has 4 aromatic heterocycles. The Balaban J connectivity index is 0.935. The van der Waals surface area contributed by atoms with E-state index in [9.17, 15) is 33.4 Å². The van der Waals surface area contributed by atoms with Crippen LogP contribution in [0.4, 0.5) is 11.4 Å². The Hall–Kier alpha value is -7.17. The first-order valence-corrected chi connectivity index (χ1v) is 35.0. The fraction of sp³-hybridized carbons (Fsp3) is 0.500. The van der Waals surface area contributed by atoms with Crippen LogP contribution < -0.4 is 11.1 Å². The number of hydrogen-bond acceptors (Lipinski definition) is 10. The fourth-order valence-electron chi connectivity index (χ4n) is 14.5. The van der Waals surface area contributed by atoms with E-state index in [2.05, 4.69) is 20.8 Å². The maximum absolute atomic E-state index is 15.1. The molecule has 0 amide bonds. The summed E-state index contributed by atoms with van der Waals surface area (Å²) in [7, 11) is -4.24. The number of aromatic nitrogens is 4. The topological polar surface area (TPSA) is 192 Å². The van der Waals surface area contributed by atoms with Crippen LogP contribution in [0, 0.1) is 20.2 Å². The number of nitro benzene ring substituents is 2.